The largest absolute Gasteiger partial charge is 0.417 e. The van der Waals surface area contributed by atoms with Crippen LogP contribution in [0.1, 0.15) is 63.8 Å². The number of rotatable bonds is 1. The van der Waals surface area contributed by atoms with Gasteiger partial charge in [0, 0.05) is 0 Å². The summed E-state index contributed by atoms with van der Waals surface area (Å²) in [5.41, 5.74) is -3.38. The van der Waals surface area contributed by atoms with Crippen molar-refractivity contribution in [1.82, 2.24) is 0 Å². The third-order valence-corrected chi connectivity index (χ3v) is 4.67. The summed E-state index contributed by atoms with van der Waals surface area (Å²) >= 11 is 0. The molecule has 28 heavy (non-hydrogen) atoms. The molecule has 0 nitrogen and oxygen atoms in total. The third-order valence-electron chi connectivity index (χ3n) is 4.67. The Balaban J connectivity index is 2.84. The topological polar surface area (TPSA) is 0 Å². The second kappa shape index (κ2) is 6.82. The van der Waals surface area contributed by atoms with Gasteiger partial charge in [-0.25, -0.2) is 0 Å². The molecule has 0 aliphatic rings. The normalized spacial score (nSPS) is 13.7. The molecule has 0 heterocycles. The molecule has 0 atom stereocenters. The standard InChI is InChI=1S/C22H24F6/c1-19(2,3)13-7-9-15(17(11-13)21(23,24)25)16-10-8-14(20(4,5)6)12-18(16)22(26,27)28/h7-12H,1-6H3. The first-order valence-corrected chi connectivity index (χ1v) is 8.86. The fraction of sp³-hybridized carbons (Fsp3) is 0.455. The summed E-state index contributed by atoms with van der Waals surface area (Å²) in [5.74, 6) is 0. The molecule has 0 radical (unpaired) electrons. The number of halogens is 6. The van der Waals surface area contributed by atoms with E-state index in [1.54, 1.807) is 41.5 Å². The van der Waals surface area contributed by atoms with Crippen LogP contribution in [0.15, 0.2) is 36.4 Å². The van der Waals surface area contributed by atoms with Crippen molar-refractivity contribution in [2.45, 2.75) is 64.7 Å². The SMILES string of the molecule is CC(C)(C)c1ccc(-c2ccc(C(C)(C)C)cc2C(F)(F)F)c(C(F)(F)F)c1. The monoisotopic (exact) mass is 402 g/mol. The minimum atomic E-state index is -4.78. The number of hydrogen-bond donors (Lipinski definition) is 0. The van der Waals surface area contributed by atoms with Gasteiger partial charge in [-0.2, -0.15) is 26.3 Å². The zero-order chi connectivity index (χ0) is 21.7. The molecule has 0 bridgehead atoms. The molecule has 0 aliphatic heterocycles. The lowest BCUT2D eigenvalue weighted by molar-refractivity contribution is -0.139. The molecular weight excluding hydrogens is 378 g/mol. The maximum absolute atomic E-state index is 13.7. The van der Waals surface area contributed by atoms with Gasteiger partial charge in [-0.15, -0.1) is 0 Å². The summed E-state index contributed by atoms with van der Waals surface area (Å²) in [4.78, 5) is 0. The minimum absolute atomic E-state index is 0.406. The second-order valence-corrected chi connectivity index (χ2v) is 9.02. The van der Waals surface area contributed by atoms with Crippen molar-refractivity contribution in [3.05, 3.63) is 58.7 Å². The van der Waals surface area contributed by atoms with E-state index in [0.717, 1.165) is 24.3 Å². The van der Waals surface area contributed by atoms with E-state index in [0.29, 0.717) is 11.1 Å². The van der Waals surface area contributed by atoms with Gasteiger partial charge in [0.2, 0.25) is 0 Å². The molecule has 0 amide bonds. The zero-order valence-electron chi connectivity index (χ0n) is 16.7. The Morgan fingerprint density at radius 3 is 1.00 bits per heavy atom. The van der Waals surface area contributed by atoms with Crippen LogP contribution < -0.4 is 0 Å². The van der Waals surface area contributed by atoms with Crippen molar-refractivity contribution < 1.29 is 26.3 Å². The highest BCUT2D eigenvalue weighted by molar-refractivity contribution is 5.73. The highest BCUT2D eigenvalue weighted by Crippen LogP contribution is 2.45. The first-order valence-electron chi connectivity index (χ1n) is 8.86. The van der Waals surface area contributed by atoms with Gasteiger partial charge in [0.25, 0.3) is 0 Å². The van der Waals surface area contributed by atoms with Crippen LogP contribution in [0.2, 0.25) is 0 Å². The van der Waals surface area contributed by atoms with Crippen LogP contribution in [0.5, 0.6) is 0 Å². The van der Waals surface area contributed by atoms with Gasteiger partial charge in [-0.05, 0) is 45.2 Å². The average molecular weight is 402 g/mol. The van der Waals surface area contributed by atoms with E-state index < -0.39 is 45.4 Å². The first kappa shape index (κ1) is 22.3. The van der Waals surface area contributed by atoms with Crippen LogP contribution in [0.3, 0.4) is 0 Å². The molecule has 0 saturated carbocycles. The predicted molar refractivity (Wildman–Crippen MR) is 99.3 cm³/mol. The van der Waals surface area contributed by atoms with Gasteiger partial charge >= 0.3 is 12.4 Å². The smallest absolute Gasteiger partial charge is 0.166 e. The summed E-state index contributed by atoms with van der Waals surface area (Å²) < 4.78 is 82.3. The molecule has 0 unspecified atom stereocenters. The van der Waals surface area contributed by atoms with Gasteiger partial charge < -0.3 is 0 Å². The molecular formula is C22H24F6. The summed E-state index contributed by atoms with van der Waals surface area (Å²) in [5, 5.41) is 0. The Labute approximate surface area is 161 Å². The summed E-state index contributed by atoms with van der Waals surface area (Å²) in [6.45, 7) is 10.5. The second-order valence-electron chi connectivity index (χ2n) is 9.02. The van der Waals surface area contributed by atoms with Crippen LogP contribution in [-0.4, -0.2) is 0 Å². The first-order chi connectivity index (χ1) is 12.4. The van der Waals surface area contributed by atoms with E-state index in [9.17, 15) is 26.3 Å². The van der Waals surface area contributed by atoms with Crippen LogP contribution in [0.4, 0.5) is 26.3 Å². The predicted octanol–water partition coefficient (Wildman–Crippen LogP) is 7.99. The van der Waals surface area contributed by atoms with Crippen LogP contribution in [0.25, 0.3) is 11.1 Å². The van der Waals surface area contributed by atoms with E-state index in [-0.39, 0.29) is 0 Å². The van der Waals surface area contributed by atoms with Crippen molar-refractivity contribution in [2.75, 3.05) is 0 Å². The molecule has 0 saturated heterocycles. The quantitative estimate of drug-likeness (QED) is 0.424. The van der Waals surface area contributed by atoms with Gasteiger partial charge in [-0.3, -0.25) is 0 Å². The Morgan fingerprint density at radius 1 is 0.500 bits per heavy atom. The summed E-state index contributed by atoms with van der Waals surface area (Å²) in [6.07, 6.45) is -9.55. The Bertz CT molecular complexity index is 785. The molecule has 2 aromatic carbocycles. The Kier molecular flexibility index (Phi) is 5.43. The molecule has 6 heteroatoms. The van der Waals surface area contributed by atoms with Gasteiger partial charge in [0.15, 0.2) is 0 Å². The third kappa shape index (κ3) is 4.70. The lowest BCUT2D eigenvalue weighted by atomic mass is 9.81. The Hall–Kier alpha value is -1.98. The van der Waals surface area contributed by atoms with Crippen LogP contribution in [-0.2, 0) is 23.2 Å². The van der Waals surface area contributed by atoms with E-state index in [4.69, 9.17) is 0 Å². The fourth-order valence-electron chi connectivity index (χ4n) is 2.96. The minimum Gasteiger partial charge on any atom is -0.166 e. The maximum atomic E-state index is 13.7. The average Bonchev–Trinajstić information content (AvgIpc) is 2.50. The summed E-state index contributed by atoms with van der Waals surface area (Å²) in [7, 11) is 0. The highest BCUT2D eigenvalue weighted by atomic mass is 19.4. The zero-order valence-corrected chi connectivity index (χ0v) is 16.7. The van der Waals surface area contributed by atoms with E-state index in [1.807, 2.05) is 0 Å². The molecule has 2 rings (SSSR count). The Morgan fingerprint density at radius 2 is 0.786 bits per heavy atom. The van der Waals surface area contributed by atoms with Gasteiger partial charge in [0.1, 0.15) is 0 Å². The van der Waals surface area contributed by atoms with Crippen molar-refractivity contribution in [3.8, 4) is 11.1 Å². The van der Waals surface area contributed by atoms with Crippen molar-refractivity contribution in [2.24, 2.45) is 0 Å². The number of benzene rings is 2. The molecule has 2 aromatic rings. The van der Waals surface area contributed by atoms with Crippen molar-refractivity contribution in [3.63, 3.8) is 0 Å². The molecule has 0 aromatic heterocycles. The van der Waals surface area contributed by atoms with E-state index in [2.05, 4.69) is 0 Å². The highest BCUT2D eigenvalue weighted by Gasteiger charge is 2.39. The molecule has 0 fully saturated rings. The fourth-order valence-corrected chi connectivity index (χ4v) is 2.96. The van der Waals surface area contributed by atoms with Gasteiger partial charge in [0.05, 0.1) is 11.1 Å². The van der Waals surface area contributed by atoms with E-state index >= 15 is 0 Å². The molecule has 0 spiro atoms. The lowest BCUT2D eigenvalue weighted by Crippen LogP contribution is -2.17. The van der Waals surface area contributed by atoms with Crippen molar-refractivity contribution in [1.29, 1.82) is 0 Å². The van der Waals surface area contributed by atoms with Gasteiger partial charge in [-0.1, -0.05) is 65.8 Å². The molecule has 154 valence electrons. The van der Waals surface area contributed by atoms with Crippen LogP contribution in [0, 0.1) is 0 Å². The lowest BCUT2D eigenvalue weighted by Gasteiger charge is -2.25. The van der Waals surface area contributed by atoms with Crippen LogP contribution >= 0.6 is 0 Å². The van der Waals surface area contributed by atoms with Crippen molar-refractivity contribution >= 4 is 0 Å². The molecule has 0 aliphatic carbocycles. The number of alkyl halides is 6. The van der Waals surface area contributed by atoms with E-state index in [1.165, 1.54) is 12.1 Å². The maximum Gasteiger partial charge on any atom is 0.417 e. The number of hydrogen-bond acceptors (Lipinski definition) is 0. The molecule has 0 N–H and O–H groups in total. The summed E-state index contributed by atoms with van der Waals surface area (Å²) in [6, 6.07) is 7.11.